The molecule has 0 rings (SSSR count). The molecule has 0 spiro atoms. The Kier molecular flexibility index (Phi) is 64.9. The van der Waals surface area contributed by atoms with E-state index in [2.05, 4.69) is 64.2 Å². The van der Waals surface area contributed by atoms with Gasteiger partial charge < -0.3 is 33.8 Å². The first-order chi connectivity index (χ1) is 44.7. The van der Waals surface area contributed by atoms with Gasteiger partial charge in [0.2, 0.25) is 0 Å². The number of esters is 4. The molecule has 0 amide bonds. The van der Waals surface area contributed by atoms with Gasteiger partial charge in [-0.1, -0.05) is 263 Å². The van der Waals surface area contributed by atoms with Gasteiger partial charge in [-0.15, -0.1) is 0 Å². The number of hydrogen-bond acceptors (Lipinski definition) is 15. The highest BCUT2D eigenvalue weighted by Crippen LogP contribution is 2.45. The minimum absolute atomic E-state index is 0.0891. The second-order valence-electron chi connectivity index (χ2n) is 25.2. The van der Waals surface area contributed by atoms with Gasteiger partial charge in [0, 0.05) is 25.7 Å². The van der Waals surface area contributed by atoms with Crippen LogP contribution >= 0.6 is 15.6 Å². The van der Waals surface area contributed by atoms with Gasteiger partial charge in [0.05, 0.1) is 26.4 Å². The maximum atomic E-state index is 13.0. The molecule has 5 unspecified atom stereocenters. The van der Waals surface area contributed by atoms with Crippen molar-refractivity contribution in [1.29, 1.82) is 0 Å². The van der Waals surface area contributed by atoms with Crippen molar-refractivity contribution in [3.05, 3.63) is 36.5 Å². The van der Waals surface area contributed by atoms with Crippen molar-refractivity contribution in [1.82, 2.24) is 0 Å². The topological polar surface area (TPSA) is 237 Å². The zero-order chi connectivity index (χ0) is 67.5. The predicted octanol–water partition coefficient (Wildman–Crippen LogP) is 20.8. The lowest BCUT2D eigenvalue weighted by molar-refractivity contribution is -0.161. The van der Waals surface area contributed by atoms with Gasteiger partial charge in [0.25, 0.3) is 0 Å². The van der Waals surface area contributed by atoms with Crippen molar-refractivity contribution in [3.63, 3.8) is 0 Å². The number of unbranched alkanes of at least 4 members (excludes halogenated alkanes) is 39. The molecule has 0 aliphatic rings. The van der Waals surface area contributed by atoms with Crippen LogP contribution in [0.3, 0.4) is 0 Å². The van der Waals surface area contributed by atoms with Crippen LogP contribution in [0.25, 0.3) is 0 Å². The monoisotopic (exact) mass is 1350 g/mol. The summed E-state index contributed by atoms with van der Waals surface area (Å²) in [6.07, 6.45) is 60.0. The normalized spacial score (nSPS) is 14.2. The van der Waals surface area contributed by atoms with Gasteiger partial charge >= 0.3 is 39.5 Å². The summed E-state index contributed by atoms with van der Waals surface area (Å²) < 4.78 is 68.3. The van der Waals surface area contributed by atoms with Crippen LogP contribution in [0.15, 0.2) is 36.5 Å². The number of aliphatic hydroxyl groups is 1. The Labute approximate surface area is 560 Å². The van der Waals surface area contributed by atoms with E-state index in [1.54, 1.807) is 0 Å². The van der Waals surface area contributed by atoms with Crippen LogP contribution in [0, 0.1) is 0 Å². The van der Waals surface area contributed by atoms with Crippen LogP contribution in [-0.4, -0.2) is 96.7 Å². The molecule has 0 aromatic carbocycles. The van der Waals surface area contributed by atoms with Crippen LogP contribution in [0.1, 0.15) is 349 Å². The summed E-state index contributed by atoms with van der Waals surface area (Å²) in [6.45, 7) is 4.84. The Morgan fingerprint density at radius 1 is 0.293 bits per heavy atom. The van der Waals surface area contributed by atoms with Gasteiger partial charge in [0.15, 0.2) is 12.2 Å². The second-order valence-corrected chi connectivity index (χ2v) is 28.1. The minimum Gasteiger partial charge on any atom is -0.462 e. The summed E-state index contributed by atoms with van der Waals surface area (Å²) in [5, 5.41) is 10.6. The number of phosphoric ester groups is 2. The molecule has 5 atom stereocenters. The molecule has 0 aromatic heterocycles. The Hall–Kier alpha value is -2.72. The molecule has 0 aliphatic heterocycles. The van der Waals surface area contributed by atoms with Crippen LogP contribution in [0.5, 0.6) is 0 Å². The quantitative estimate of drug-likeness (QED) is 0.0169. The zero-order valence-electron chi connectivity index (χ0n) is 58.7. The standard InChI is InChI=1S/C73H136O17P2/c1-5-9-13-17-21-25-29-32-33-36-39-42-46-50-54-58-71(76)84-64-69(90-73(78)60-56-52-48-44-40-35-31-27-23-19-15-11-7-3)66-88-92(81,82)86-62-67(74)61-85-91(79,80)87-65-68(89-72(77)59-55-51-47-43-37-28-24-20-16-12-8-4)63-83-70(75)57-53-49-45-41-38-34-30-26-22-18-14-10-6-2/h20,24,27,31-33,67-69,74H,5-19,21-23,25-26,28-30,34-66H2,1-4H3,(H,79,80)(H,81,82)/b24-20-,31-27-,33-32-. The van der Waals surface area contributed by atoms with E-state index < -0.39 is 97.5 Å². The first-order valence-corrected chi connectivity index (χ1v) is 40.2. The Balaban J connectivity index is 5.29. The molecule has 0 saturated carbocycles. The molecule has 3 N–H and O–H groups in total. The summed E-state index contributed by atoms with van der Waals surface area (Å²) in [4.78, 5) is 72.6. The third kappa shape index (κ3) is 65.9. The highest BCUT2D eigenvalue weighted by atomic mass is 31.2. The number of carbonyl (C=O) groups excluding carboxylic acids is 4. The number of carbonyl (C=O) groups is 4. The number of aliphatic hydroxyl groups excluding tert-OH is 1. The average Bonchev–Trinajstić information content (AvgIpc) is 3.58. The van der Waals surface area contributed by atoms with E-state index >= 15 is 0 Å². The van der Waals surface area contributed by atoms with E-state index in [9.17, 15) is 43.2 Å². The Bertz CT molecular complexity index is 1900. The number of hydrogen-bond donors (Lipinski definition) is 3. The van der Waals surface area contributed by atoms with Crippen molar-refractivity contribution in [2.24, 2.45) is 0 Å². The molecule has 17 nitrogen and oxygen atoms in total. The van der Waals surface area contributed by atoms with E-state index in [1.165, 1.54) is 135 Å². The molecular weight excluding hydrogens is 1210 g/mol. The largest absolute Gasteiger partial charge is 0.472 e. The number of phosphoric acid groups is 2. The van der Waals surface area contributed by atoms with Crippen LogP contribution in [-0.2, 0) is 65.4 Å². The Morgan fingerprint density at radius 3 is 0.793 bits per heavy atom. The fourth-order valence-electron chi connectivity index (χ4n) is 10.3. The van der Waals surface area contributed by atoms with Crippen molar-refractivity contribution < 1.29 is 80.2 Å². The number of allylic oxidation sites excluding steroid dienone is 6. The average molecular weight is 1350 g/mol. The molecule has 0 aromatic rings. The van der Waals surface area contributed by atoms with Crippen molar-refractivity contribution in [3.8, 4) is 0 Å². The van der Waals surface area contributed by atoms with E-state index in [4.69, 9.17) is 37.0 Å². The predicted molar refractivity (Wildman–Crippen MR) is 372 cm³/mol. The van der Waals surface area contributed by atoms with Gasteiger partial charge in [-0.2, -0.15) is 0 Å². The first-order valence-electron chi connectivity index (χ1n) is 37.2. The van der Waals surface area contributed by atoms with Gasteiger partial charge in [-0.25, -0.2) is 9.13 Å². The maximum Gasteiger partial charge on any atom is 0.472 e. The van der Waals surface area contributed by atoms with E-state index in [1.807, 2.05) is 0 Å². The van der Waals surface area contributed by atoms with Gasteiger partial charge in [0.1, 0.15) is 19.3 Å². The first kappa shape index (κ1) is 89.3. The molecule has 0 aliphatic carbocycles. The third-order valence-electron chi connectivity index (χ3n) is 16.1. The fraction of sp³-hybridized carbons (Fsp3) is 0.863. The van der Waals surface area contributed by atoms with Crippen molar-refractivity contribution >= 4 is 39.5 Å². The van der Waals surface area contributed by atoms with Crippen molar-refractivity contribution in [2.45, 2.75) is 367 Å². The number of rotatable bonds is 71. The molecule has 92 heavy (non-hydrogen) atoms. The lowest BCUT2D eigenvalue weighted by Crippen LogP contribution is -2.30. The summed E-state index contributed by atoms with van der Waals surface area (Å²) >= 11 is 0. The lowest BCUT2D eigenvalue weighted by Gasteiger charge is -2.21. The van der Waals surface area contributed by atoms with E-state index in [0.717, 1.165) is 135 Å². The summed E-state index contributed by atoms with van der Waals surface area (Å²) in [7, 11) is -9.92. The van der Waals surface area contributed by atoms with E-state index in [-0.39, 0.29) is 25.7 Å². The molecule has 0 fully saturated rings. The smallest absolute Gasteiger partial charge is 0.462 e. The zero-order valence-corrected chi connectivity index (χ0v) is 60.5. The number of ether oxygens (including phenoxy) is 4. The highest BCUT2D eigenvalue weighted by molar-refractivity contribution is 7.47. The molecule has 0 heterocycles. The van der Waals surface area contributed by atoms with Gasteiger partial charge in [-0.05, 0) is 96.3 Å². The molecule has 19 heteroatoms. The summed E-state index contributed by atoms with van der Waals surface area (Å²) in [5.41, 5.74) is 0. The molecule has 0 saturated heterocycles. The third-order valence-corrected chi connectivity index (χ3v) is 18.0. The lowest BCUT2D eigenvalue weighted by atomic mass is 10.0. The highest BCUT2D eigenvalue weighted by Gasteiger charge is 2.30. The van der Waals surface area contributed by atoms with Crippen molar-refractivity contribution in [2.75, 3.05) is 39.6 Å². The van der Waals surface area contributed by atoms with Crippen LogP contribution in [0.4, 0.5) is 0 Å². The molecule has 540 valence electrons. The molecule has 0 bridgehead atoms. The molecular formula is C73H136O17P2. The maximum absolute atomic E-state index is 13.0. The van der Waals surface area contributed by atoms with Crippen LogP contribution in [0.2, 0.25) is 0 Å². The SMILES string of the molecule is CCCC/C=C\CCCCCCCC(=O)OC(COC(=O)CCCCCCCCCCCCCCC)COP(=O)(O)OCC(O)COP(=O)(O)OCC(COC(=O)CCCCCCC/C=C\CCCCCCCC)OC(=O)CCCCCCC/C=C\CCCCCC. The Morgan fingerprint density at radius 2 is 0.511 bits per heavy atom. The summed E-state index contributed by atoms with van der Waals surface area (Å²) in [6, 6.07) is 0. The summed E-state index contributed by atoms with van der Waals surface area (Å²) in [5.74, 6) is -2.17. The van der Waals surface area contributed by atoms with Crippen LogP contribution < -0.4 is 0 Å². The second kappa shape index (κ2) is 66.9. The minimum atomic E-state index is -4.96. The van der Waals surface area contributed by atoms with E-state index in [0.29, 0.717) is 25.7 Å². The molecule has 0 radical (unpaired) electrons. The van der Waals surface area contributed by atoms with Gasteiger partial charge in [-0.3, -0.25) is 37.3 Å². The fourth-order valence-corrected chi connectivity index (χ4v) is 11.9.